The minimum absolute atomic E-state index is 0.141. The lowest BCUT2D eigenvalue weighted by molar-refractivity contribution is 0.139. The van der Waals surface area contributed by atoms with E-state index in [0.717, 1.165) is 19.3 Å². The Morgan fingerprint density at radius 1 is 1.11 bits per heavy atom. The van der Waals surface area contributed by atoms with Crippen molar-refractivity contribution in [2.24, 2.45) is 0 Å². The molecule has 6 heteroatoms. The monoisotopic (exact) mass is 252 g/mol. The molecule has 1 fully saturated rings. The van der Waals surface area contributed by atoms with E-state index in [0.29, 0.717) is 6.61 Å². The molecule has 100 valence electrons. The second kappa shape index (κ2) is 6.37. The number of nitrogen functional groups attached to an aromatic ring is 1. The van der Waals surface area contributed by atoms with E-state index in [1.807, 2.05) is 6.92 Å². The zero-order chi connectivity index (χ0) is 12.8. The molecule has 0 radical (unpaired) electrons. The van der Waals surface area contributed by atoms with Crippen molar-refractivity contribution >= 4 is 5.95 Å². The maximum Gasteiger partial charge on any atom is 0.324 e. The maximum atomic E-state index is 5.73. The minimum atomic E-state index is 0.141. The fourth-order valence-electron chi connectivity index (χ4n) is 2.00. The molecule has 2 rings (SSSR count). The van der Waals surface area contributed by atoms with Gasteiger partial charge in [0.05, 0.1) is 6.61 Å². The van der Waals surface area contributed by atoms with Gasteiger partial charge in [0, 0.05) is 0 Å². The first kappa shape index (κ1) is 12.9. The number of ether oxygens (including phenoxy) is 2. The van der Waals surface area contributed by atoms with E-state index < -0.39 is 0 Å². The lowest BCUT2D eigenvalue weighted by Gasteiger charge is -2.21. The topological polar surface area (TPSA) is 83.2 Å². The molecule has 0 atom stereocenters. The lowest BCUT2D eigenvalue weighted by atomic mass is 9.98. The van der Waals surface area contributed by atoms with Gasteiger partial charge in [0.25, 0.3) is 0 Å². The summed E-state index contributed by atoms with van der Waals surface area (Å²) in [7, 11) is 0. The molecule has 6 nitrogen and oxygen atoms in total. The van der Waals surface area contributed by atoms with E-state index in [1.165, 1.54) is 19.3 Å². The molecule has 18 heavy (non-hydrogen) atoms. The highest BCUT2D eigenvalue weighted by atomic mass is 16.5. The Morgan fingerprint density at radius 2 is 1.83 bits per heavy atom. The van der Waals surface area contributed by atoms with Crippen LogP contribution in [-0.4, -0.2) is 27.7 Å². The van der Waals surface area contributed by atoms with Crippen molar-refractivity contribution in [3.05, 3.63) is 0 Å². The van der Waals surface area contributed by atoms with E-state index in [1.54, 1.807) is 0 Å². The van der Waals surface area contributed by atoms with Gasteiger partial charge in [-0.3, -0.25) is 0 Å². The van der Waals surface area contributed by atoms with Crippen molar-refractivity contribution in [3.8, 4) is 12.0 Å². The van der Waals surface area contributed by atoms with Crippen LogP contribution in [0.3, 0.4) is 0 Å². The fraction of sp³-hybridized carbons (Fsp3) is 0.750. The van der Waals surface area contributed by atoms with E-state index in [9.17, 15) is 0 Å². The predicted molar refractivity (Wildman–Crippen MR) is 67.5 cm³/mol. The first-order chi connectivity index (χ1) is 8.78. The van der Waals surface area contributed by atoms with Gasteiger partial charge in [-0.25, -0.2) is 0 Å². The summed E-state index contributed by atoms with van der Waals surface area (Å²) in [6.45, 7) is 2.58. The van der Waals surface area contributed by atoms with Crippen LogP contribution in [0.25, 0.3) is 0 Å². The Balaban J connectivity index is 1.99. The van der Waals surface area contributed by atoms with Crippen molar-refractivity contribution in [2.45, 2.75) is 51.6 Å². The van der Waals surface area contributed by atoms with Crippen LogP contribution in [0.15, 0.2) is 0 Å². The number of rotatable bonds is 5. The van der Waals surface area contributed by atoms with Gasteiger partial charge in [-0.15, -0.1) is 4.98 Å². The van der Waals surface area contributed by atoms with Crippen LogP contribution >= 0.6 is 0 Å². The molecule has 0 aromatic carbocycles. The molecule has 1 aromatic heterocycles. The first-order valence-electron chi connectivity index (χ1n) is 6.59. The zero-order valence-electron chi connectivity index (χ0n) is 10.8. The summed E-state index contributed by atoms with van der Waals surface area (Å²) >= 11 is 0. The van der Waals surface area contributed by atoms with Crippen LogP contribution < -0.4 is 15.2 Å². The lowest BCUT2D eigenvalue weighted by Crippen LogP contribution is -2.21. The van der Waals surface area contributed by atoms with E-state index in [4.69, 9.17) is 15.2 Å². The van der Waals surface area contributed by atoms with E-state index in [2.05, 4.69) is 15.0 Å². The summed E-state index contributed by atoms with van der Waals surface area (Å²) in [5, 5.41) is 0. The highest BCUT2D eigenvalue weighted by Gasteiger charge is 2.17. The molecule has 0 unspecified atom stereocenters. The molecule has 0 amide bonds. The molecular weight excluding hydrogens is 232 g/mol. The second-order valence-corrected chi connectivity index (χ2v) is 4.49. The molecule has 0 aliphatic heterocycles. The Kier molecular flexibility index (Phi) is 4.55. The quantitative estimate of drug-likeness (QED) is 0.862. The van der Waals surface area contributed by atoms with Gasteiger partial charge in [0.2, 0.25) is 5.95 Å². The molecule has 0 spiro atoms. The third-order valence-corrected chi connectivity index (χ3v) is 2.87. The van der Waals surface area contributed by atoms with Crippen LogP contribution in [0.2, 0.25) is 0 Å². The molecule has 0 saturated heterocycles. The number of aromatic nitrogens is 3. The summed E-state index contributed by atoms with van der Waals surface area (Å²) in [5.41, 5.74) is 5.61. The molecule has 2 N–H and O–H groups in total. The molecule has 1 heterocycles. The highest BCUT2D eigenvalue weighted by Crippen LogP contribution is 2.22. The highest BCUT2D eigenvalue weighted by molar-refractivity contribution is 5.20. The summed E-state index contributed by atoms with van der Waals surface area (Å²) in [4.78, 5) is 12.0. The SMILES string of the molecule is CCCOc1nc(N)nc(OC2CCCCC2)n1. The Bertz CT molecular complexity index is 380. The third-order valence-electron chi connectivity index (χ3n) is 2.87. The Labute approximate surface area is 107 Å². The molecule has 1 aliphatic carbocycles. The molecule has 1 aliphatic rings. The number of nitrogens with two attached hydrogens (primary N) is 1. The van der Waals surface area contributed by atoms with Gasteiger partial charge in [-0.05, 0) is 32.1 Å². The average Bonchev–Trinajstić information content (AvgIpc) is 2.37. The number of nitrogens with zero attached hydrogens (tertiary/aromatic N) is 3. The fourth-order valence-corrected chi connectivity index (χ4v) is 2.00. The Morgan fingerprint density at radius 3 is 2.56 bits per heavy atom. The predicted octanol–water partition coefficient (Wildman–Crippen LogP) is 1.95. The second-order valence-electron chi connectivity index (χ2n) is 4.49. The molecule has 0 bridgehead atoms. The Hall–Kier alpha value is -1.59. The van der Waals surface area contributed by atoms with Crippen molar-refractivity contribution < 1.29 is 9.47 Å². The minimum Gasteiger partial charge on any atom is -0.463 e. The van der Waals surface area contributed by atoms with Crippen LogP contribution in [0.4, 0.5) is 5.95 Å². The number of hydrogen-bond acceptors (Lipinski definition) is 6. The van der Waals surface area contributed by atoms with E-state index in [-0.39, 0.29) is 24.1 Å². The van der Waals surface area contributed by atoms with Gasteiger partial charge >= 0.3 is 12.0 Å². The largest absolute Gasteiger partial charge is 0.463 e. The van der Waals surface area contributed by atoms with Crippen molar-refractivity contribution in [2.75, 3.05) is 12.3 Å². The first-order valence-corrected chi connectivity index (χ1v) is 6.59. The van der Waals surface area contributed by atoms with Crippen molar-refractivity contribution in [1.29, 1.82) is 0 Å². The summed E-state index contributed by atoms with van der Waals surface area (Å²) in [6, 6.07) is 0.524. The summed E-state index contributed by atoms with van der Waals surface area (Å²) in [5.74, 6) is 0.141. The zero-order valence-corrected chi connectivity index (χ0v) is 10.8. The summed E-state index contributed by atoms with van der Waals surface area (Å²) < 4.78 is 11.1. The smallest absolute Gasteiger partial charge is 0.324 e. The van der Waals surface area contributed by atoms with Crippen LogP contribution in [0.1, 0.15) is 45.4 Å². The van der Waals surface area contributed by atoms with Gasteiger partial charge in [0.15, 0.2) is 0 Å². The van der Waals surface area contributed by atoms with Crippen molar-refractivity contribution in [3.63, 3.8) is 0 Å². The van der Waals surface area contributed by atoms with Crippen LogP contribution in [-0.2, 0) is 0 Å². The number of hydrogen-bond donors (Lipinski definition) is 1. The average molecular weight is 252 g/mol. The van der Waals surface area contributed by atoms with Crippen molar-refractivity contribution in [1.82, 2.24) is 15.0 Å². The van der Waals surface area contributed by atoms with E-state index >= 15 is 0 Å². The standard InChI is InChI=1S/C12H20N4O2/c1-2-8-17-11-14-10(13)15-12(16-11)18-9-6-4-3-5-7-9/h9H,2-8H2,1H3,(H2,13,14,15,16). The third kappa shape index (κ3) is 3.72. The summed E-state index contributed by atoms with van der Waals surface area (Å²) in [6.07, 6.45) is 6.87. The molecular formula is C12H20N4O2. The number of anilines is 1. The normalized spacial score (nSPS) is 16.5. The van der Waals surface area contributed by atoms with Gasteiger partial charge in [0.1, 0.15) is 6.10 Å². The van der Waals surface area contributed by atoms with Gasteiger partial charge < -0.3 is 15.2 Å². The maximum absolute atomic E-state index is 5.73. The molecule has 1 saturated carbocycles. The molecule has 1 aromatic rings. The van der Waals surface area contributed by atoms with Crippen LogP contribution in [0, 0.1) is 0 Å². The van der Waals surface area contributed by atoms with Gasteiger partial charge in [-0.1, -0.05) is 13.3 Å². The van der Waals surface area contributed by atoms with Crippen LogP contribution in [0.5, 0.6) is 12.0 Å². The van der Waals surface area contributed by atoms with Gasteiger partial charge in [-0.2, -0.15) is 9.97 Å².